The van der Waals surface area contributed by atoms with E-state index in [1.165, 1.54) is 6.92 Å². The highest BCUT2D eigenvalue weighted by molar-refractivity contribution is 5.96. The molecule has 1 unspecified atom stereocenters. The minimum Gasteiger partial charge on any atom is -0.452 e. The highest BCUT2D eigenvalue weighted by atomic mass is 19.4. The van der Waals surface area contributed by atoms with E-state index in [1.807, 2.05) is 5.32 Å². The van der Waals surface area contributed by atoms with Gasteiger partial charge >= 0.3 is 12.1 Å². The van der Waals surface area contributed by atoms with Crippen molar-refractivity contribution in [1.29, 1.82) is 0 Å². The van der Waals surface area contributed by atoms with E-state index in [0.717, 1.165) is 12.1 Å². The SMILES string of the molecule is CC(OC(=O)C1CCN(C(=O)C(C)(C)C)CC1)C(=O)Nc1ccc([N+](=O)[O-])cc1C(F)(F)F. The van der Waals surface area contributed by atoms with Crippen molar-refractivity contribution in [3.63, 3.8) is 0 Å². The molecule has 9 nitrogen and oxygen atoms in total. The Morgan fingerprint density at radius 2 is 1.76 bits per heavy atom. The summed E-state index contributed by atoms with van der Waals surface area (Å²) in [6.45, 7) is 7.31. The van der Waals surface area contributed by atoms with Gasteiger partial charge in [0, 0.05) is 30.6 Å². The molecule has 182 valence electrons. The summed E-state index contributed by atoms with van der Waals surface area (Å²) in [5, 5.41) is 12.8. The summed E-state index contributed by atoms with van der Waals surface area (Å²) < 4.78 is 44.9. The van der Waals surface area contributed by atoms with Crippen molar-refractivity contribution in [2.24, 2.45) is 11.3 Å². The largest absolute Gasteiger partial charge is 0.452 e. The molecule has 33 heavy (non-hydrogen) atoms. The molecule has 1 aromatic rings. The molecule has 0 spiro atoms. The van der Waals surface area contributed by atoms with Gasteiger partial charge in [-0.2, -0.15) is 13.2 Å². The first-order valence-corrected chi connectivity index (χ1v) is 10.3. The molecule has 2 rings (SSSR count). The van der Waals surface area contributed by atoms with Crippen LogP contribution in [-0.2, 0) is 25.3 Å². The maximum absolute atomic E-state index is 13.3. The smallest absolute Gasteiger partial charge is 0.418 e. The number of nitrogens with zero attached hydrogens (tertiary/aromatic N) is 2. The number of esters is 1. The number of nitrogens with one attached hydrogen (secondary N) is 1. The number of carbonyl (C=O) groups excluding carboxylic acids is 3. The molecule has 0 aromatic heterocycles. The Morgan fingerprint density at radius 1 is 1.18 bits per heavy atom. The van der Waals surface area contributed by atoms with E-state index < -0.39 is 57.4 Å². The minimum absolute atomic E-state index is 0.0365. The zero-order valence-corrected chi connectivity index (χ0v) is 18.7. The molecule has 2 amide bonds. The predicted molar refractivity (Wildman–Crippen MR) is 111 cm³/mol. The van der Waals surface area contributed by atoms with Gasteiger partial charge in [0.25, 0.3) is 11.6 Å². The van der Waals surface area contributed by atoms with Crippen LogP contribution in [0, 0.1) is 21.4 Å². The van der Waals surface area contributed by atoms with Gasteiger partial charge in [-0.15, -0.1) is 0 Å². The van der Waals surface area contributed by atoms with Gasteiger partial charge in [-0.3, -0.25) is 24.5 Å². The number of ether oxygens (including phenoxy) is 1. The number of amides is 2. The van der Waals surface area contributed by atoms with E-state index in [4.69, 9.17) is 4.74 Å². The van der Waals surface area contributed by atoms with E-state index in [-0.39, 0.29) is 5.91 Å². The molecule has 0 radical (unpaired) electrons. The first-order valence-electron chi connectivity index (χ1n) is 10.3. The van der Waals surface area contributed by atoms with Crippen molar-refractivity contribution in [3.8, 4) is 0 Å². The number of alkyl halides is 3. The molecule has 1 aliphatic heterocycles. The Balaban J connectivity index is 1.99. The predicted octanol–water partition coefficient (Wildman–Crippen LogP) is 3.77. The number of carbonyl (C=O) groups is 3. The lowest BCUT2D eigenvalue weighted by molar-refractivity contribution is -0.385. The quantitative estimate of drug-likeness (QED) is 0.395. The molecule has 0 saturated carbocycles. The van der Waals surface area contributed by atoms with Gasteiger partial charge in [0.15, 0.2) is 6.10 Å². The van der Waals surface area contributed by atoms with Gasteiger partial charge in [0.1, 0.15) is 0 Å². The molecule has 0 bridgehead atoms. The summed E-state index contributed by atoms with van der Waals surface area (Å²) in [7, 11) is 0. The third kappa shape index (κ3) is 6.65. The summed E-state index contributed by atoms with van der Waals surface area (Å²) in [5.41, 5.74) is -3.40. The fourth-order valence-corrected chi connectivity index (χ4v) is 3.34. The van der Waals surface area contributed by atoms with E-state index in [2.05, 4.69) is 0 Å². The molecule has 1 N–H and O–H groups in total. The van der Waals surface area contributed by atoms with Crippen molar-refractivity contribution >= 4 is 29.2 Å². The monoisotopic (exact) mass is 473 g/mol. The Labute approximate surface area is 188 Å². The molecular formula is C21H26F3N3O6. The van der Waals surface area contributed by atoms with Crippen LogP contribution in [0.25, 0.3) is 0 Å². The Bertz CT molecular complexity index is 934. The van der Waals surface area contributed by atoms with Gasteiger partial charge < -0.3 is 15.0 Å². The summed E-state index contributed by atoms with van der Waals surface area (Å²) in [6.07, 6.45) is -5.67. The van der Waals surface area contributed by atoms with E-state index in [0.29, 0.717) is 32.0 Å². The van der Waals surface area contributed by atoms with Crippen molar-refractivity contribution in [2.75, 3.05) is 18.4 Å². The number of anilines is 1. The molecule has 1 aliphatic rings. The summed E-state index contributed by atoms with van der Waals surface area (Å²) in [4.78, 5) is 48.5. The maximum Gasteiger partial charge on any atom is 0.418 e. The zero-order valence-electron chi connectivity index (χ0n) is 18.7. The summed E-state index contributed by atoms with van der Waals surface area (Å²) in [5.74, 6) is -2.27. The van der Waals surface area contributed by atoms with Crippen molar-refractivity contribution < 1.29 is 37.2 Å². The van der Waals surface area contributed by atoms with Crippen molar-refractivity contribution in [2.45, 2.75) is 52.8 Å². The zero-order chi connectivity index (χ0) is 25.1. The third-order valence-corrected chi connectivity index (χ3v) is 5.20. The van der Waals surface area contributed by atoms with Crippen molar-refractivity contribution in [1.82, 2.24) is 4.90 Å². The third-order valence-electron chi connectivity index (χ3n) is 5.20. The van der Waals surface area contributed by atoms with Gasteiger partial charge in [-0.1, -0.05) is 20.8 Å². The molecule has 1 aromatic carbocycles. The van der Waals surface area contributed by atoms with E-state index in [1.54, 1.807) is 25.7 Å². The standard InChI is InChI=1S/C21H26F3N3O6/c1-12(33-18(29)13-7-9-26(10-8-13)19(30)20(2,3)4)17(28)25-16-6-5-14(27(31)32)11-15(16)21(22,23)24/h5-6,11-13H,7-10H2,1-4H3,(H,25,28). The lowest BCUT2D eigenvalue weighted by Crippen LogP contribution is -2.45. The highest BCUT2D eigenvalue weighted by Crippen LogP contribution is 2.37. The fourth-order valence-electron chi connectivity index (χ4n) is 3.34. The van der Waals surface area contributed by atoms with Crippen molar-refractivity contribution in [3.05, 3.63) is 33.9 Å². The number of nitro groups is 1. The van der Waals surface area contributed by atoms with Gasteiger partial charge in [0.2, 0.25) is 5.91 Å². The number of halogens is 3. The van der Waals surface area contributed by atoms with Gasteiger partial charge in [0.05, 0.1) is 22.1 Å². The number of benzene rings is 1. The van der Waals surface area contributed by atoms with E-state index >= 15 is 0 Å². The summed E-state index contributed by atoms with van der Waals surface area (Å²) >= 11 is 0. The van der Waals surface area contributed by atoms with Crippen LogP contribution in [-0.4, -0.2) is 46.8 Å². The fraction of sp³-hybridized carbons (Fsp3) is 0.571. The number of piperidine rings is 1. The number of hydrogen-bond acceptors (Lipinski definition) is 6. The van der Waals surface area contributed by atoms with Crippen LogP contribution in [0.3, 0.4) is 0 Å². The van der Waals surface area contributed by atoms with Gasteiger partial charge in [-0.05, 0) is 25.8 Å². The Kier molecular flexibility index (Phi) is 7.71. The normalized spacial score (nSPS) is 16.2. The average Bonchev–Trinajstić information content (AvgIpc) is 2.71. The maximum atomic E-state index is 13.3. The van der Waals surface area contributed by atoms with Crippen LogP contribution in [0.15, 0.2) is 18.2 Å². The molecule has 1 heterocycles. The number of non-ortho nitro benzene ring substituents is 1. The molecule has 1 atom stereocenters. The number of hydrogen-bond donors (Lipinski definition) is 1. The molecule has 1 saturated heterocycles. The number of nitro benzene ring substituents is 1. The minimum atomic E-state index is -4.95. The van der Waals surface area contributed by atoms with Crippen LogP contribution < -0.4 is 5.32 Å². The number of rotatable bonds is 5. The first-order chi connectivity index (χ1) is 15.1. The molecule has 12 heteroatoms. The van der Waals surface area contributed by atoms with Crippen LogP contribution in [0.1, 0.15) is 46.1 Å². The Hall–Kier alpha value is -3.18. The highest BCUT2D eigenvalue weighted by Gasteiger charge is 2.37. The van der Waals surface area contributed by atoms with Crippen LogP contribution in [0.2, 0.25) is 0 Å². The topological polar surface area (TPSA) is 119 Å². The first kappa shape index (κ1) is 26.1. The molecule has 1 fully saturated rings. The number of likely N-dealkylation sites (tertiary alicyclic amines) is 1. The van der Waals surface area contributed by atoms with Crippen LogP contribution in [0.5, 0.6) is 0 Å². The average molecular weight is 473 g/mol. The lowest BCUT2D eigenvalue weighted by Gasteiger charge is -2.35. The van der Waals surface area contributed by atoms with Gasteiger partial charge in [-0.25, -0.2) is 0 Å². The second-order valence-electron chi connectivity index (χ2n) is 8.87. The Morgan fingerprint density at radius 3 is 2.24 bits per heavy atom. The lowest BCUT2D eigenvalue weighted by atomic mass is 9.91. The van der Waals surface area contributed by atoms with E-state index in [9.17, 15) is 37.7 Å². The second kappa shape index (κ2) is 9.75. The van der Waals surface area contributed by atoms with Crippen LogP contribution in [0.4, 0.5) is 24.5 Å². The second-order valence-corrected chi connectivity index (χ2v) is 8.87. The molecular weight excluding hydrogens is 447 g/mol. The molecule has 0 aliphatic carbocycles. The summed E-state index contributed by atoms with van der Waals surface area (Å²) in [6, 6.07) is 1.92. The van der Waals surface area contributed by atoms with Crippen LogP contribution >= 0.6 is 0 Å².